The predicted molar refractivity (Wildman–Crippen MR) is 176 cm³/mol. The summed E-state index contributed by atoms with van der Waals surface area (Å²) in [7, 11) is 8.20. The number of nitrogens with one attached hydrogen (secondary N) is 4. The van der Waals surface area contributed by atoms with Crippen LogP contribution in [0, 0.1) is 5.41 Å². The Balaban J connectivity index is 0. The van der Waals surface area contributed by atoms with Crippen LogP contribution < -0.4 is 21.3 Å². The normalized spacial score (nSPS) is 11.9. The Morgan fingerprint density at radius 2 is 1.62 bits per heavy atom. The smallest absolute Gasteiger partial charge is 0.225 e. The first-order valence-electron chi connectivity index (χ1n) is 13.6. The van der Waals surface area contributed by atoms with Crippen LogP contribution in [0.2, 0.25) is 0 Å². The third-order valence-electron chi connectivity index (χ3n) is 5.48. The van der Waals surface area contributed by atoms with Crippen molar-refractivity contribution in [2.45, 2.75) is 40.0 Å². The molecule has 0 heterocycles. The molecule has 8 nitrogen and oxygen atoms in total. The largest absolute Gasteiger partial charge is 0.491 e. The van der Waals surface area contributed by atoms with Gasteiger partial charge in [-0.3, -0.25) is 14.0 Å². The van der Waals surface area contributed by atoms with Crippen molar-refractivity contribution in [1.29, 1.82) is 0 Å². The van der Waals surface area contributed by atoms with Crippen LogP contribution in [0.4, 0.5) is 10.1 Å². The van der Waals surface area contributed by atoms with Gasteiger partial charge in [-0.05, 0) is 50.7 Å². The molecule has 236 valence electrons. The SMILES string of the molecule is C=C/C=C(NC(=O)CC(C)(C)CC(=O)N/C(C=C)=C(\CCN(C)C)NC)\C(=C/Cl)OCC.CF.CNc1ccccc1. The monoisotopic (exact) mass is 607 g/mol. The fourth-order valence-corrected chi connectivity index (χ4v) is 3.71. The van der Waals surface area contributed by atoms with Crippen molar-refractivity contribution in [3.63, 3.8) is 0 Å². The van der Waals surface area contributed by atoms with E-state index in [-0.39, 0.29) is 24.7 Å². The van der Waals surface area contributed by atoms with Crippen LogP contribution >= 0.6 is 11.6 Å². The average Bonchev–Trinajstić information content (AvgIpc) is 2.96. The number of rotatable bonds is 16. The van der Waals surface area contributed by atoms with Gasteiger partial charge in [-0.1, -0.05) is 62.9 Å². The van der Waals surface area contributed by atoms with E-state index in [0.29, 0.717) is 30.9 Å². The second kappa shape index (κ2) is 24.1. The van der Waals surface area contributed by atoms with Crippen LogP contribution in [0.15, 0.2) is 90.1 Å². The van der Waals surface area contributed by atoms with E-state index in [1.165, 1.54) is 11.6 Å². The third-order valence-corrected chi connectivity index (χ3v) is 5.68. The summed E-state index contributed by atoms with van der Waals surface area (Å²) in [5.74, 6) is -0.100. The molecule has 0 saturated heterocycles. The van der Waals surface area contributed by atoms with Crippen LogP contribution in [-0.2, 0) is 14.3 Å². The van der Waals surface area contributed by atoms with Crippen molar-refractivity contribution in [1.82, 2.24) is 20.9 Å². The molecule has 0 aromatic heterocycles. The van der Waals surface area contributed by atoms with E-state index in [4.69, 9.17) is 16.3 Å². The van der Waals surface area contributed by atoms with Crippen molar-refractivity contribution in [3.05, 3.63) is 90.1 Å². The summed E-state index contributed by atoms with van der Waals surface area (Å²) >= 11 is 5.81. The predicted octanol–water partition coefficient (Wildman–Crippen LogP) is 6.09. The van der Waals surface area contributed by atoms with E-state index >= 15 is 0 Å². The van der Waals surface area contributed by atoms with E-state index in [9.17, 15) is 14.0 Å². The Hall–Kier alpha value is -3.56. The first kappa shape index (κ1) is 40.6. The number of para-hydroxylation sites is 1. The molecule has 0 bridgehead atoms. The number of ether oxygens (including phenoxy) is 1. The molecule has 0 aliphatic heterocycles. The number of alkyl halides is 1. The minimum atomic E-state index is -0.584. The van der Waals surface area contributed by atoms with Gasteiger partial charge in [0, 0.05) is 56.8 Å². The summed E-state index contributed by atoms with van der Waals surface area (Å²) < 4.78 is 14.9. The highest BCUT2D eigenvalue weighted by molar-refractivity contribution is 6.25. The highest BCUT2D eigenvalue weighted by Gasteiger charge is 2.26. The first-order chi connectivity index (χ1) is 20.0. The molecule has 0 aliphatic carbocycles. The van der Waals surface area contributed by atoms with Gasteiger partial charge in [0.25, 0.3) is 0 Å². The summed E-state index contributed by atoms with van der Waals surface area (Å²) in [6, 6.07) is 10.1. The topological polar surface area (TPSA) is 94.7 Å². The lowest BCUT2D eigenvalue weighted by Crippen LogP contribution is -2.34. The van der Waals surface area contributed by atoms with Crippen molar-refractivity contribution in [2.75, 3.05) is 53.8 Å². The first-order valence-corrected chi connectivity index (χ1v) is 14.0. The van der Waals surface area contributed by atoms with Crippen molar-refractivity contribution in [3.8, 4) is 0 Å². The molecule has 1 rings (SSSR count). The molecule has 0 atom stereocenters. The Bertz CT molecular complexity index is 1040. The van der Waals surface area contributed by atoms with Crippen molar-refractivity contribution >= 4 is 29.1 Å². The summed E-state index contributed by atoms with van der Waals surface area (Å²) in [5, 5.41) is 11.9. The lowest BCUT2D eigenvalue weighted by atomic mass is 9.85. The molecule has 1 aromatic carbocycles. The maximum Gasteiger partial charge on any atom is 0.225 e. The molecule has 0 radical (unpaired) electrons. The van der Waals surface area contributed by atoms with Gasteiger partial charge in [-0.2, -0.15) is 0 Å². The van der Waals surface area contributed by atoms with Crippen LogP contribution in [0.1, 0.15) is 40.0 Å². The number of carbonyl (C=O) groups is 2. The van der Waals surface area contributed by atoms with E-state index in [1.54, 1.807) is 12.2 Å². The van der Waals surface area contributed by atoms with Gasteiger partial charge < -0.3 is 30.9 Å². The van der Waals surface area contributed by atoms with Crippen LogP contribution in [0.3, 0.4) is 0 Å². The molecule has 2 amide bonds. The molecular weight excluding hydrogens is 557 g/mol. The molecule has 0 aliphatic rings. The van der Waals surface area contributed by atoms with Gasteiger partial charge in [0.2, 0.25) is 11.8 Å². The molecule has 10 heteroatoms. The molecule has 4 N–H and O–H groups in total. The number of hydrogen-bond acceptors (Lipinski definition) is 6. The quantitative estimate of drug-likeness (QED) is 0.134. The number of carbonyl (C=O) groups excluding carboxylic acids is 2. The summed E-state index contributed by atoms with van der Waals surface area (Å²) in [6.07, 6.45) is 5.79. The molecule has 1 aromatic rings. The Kier molecular flexibility index (Phi) is 23.3. The molecule has 0 fully saturated rings. The Morgan fingerprint density at radius 1 is 1.05 bits per heavy atom. The minimum Gasteiger partial charge on any atom is -0.491 e. The number of halogens is 2. The second-order valence-electron chi connectivity index (χ2n) is 9.85. The van der Waals surface area contributed by atoms with Crippen molar-refractivity contribution in [2.24, 2.45) is 5.41 Å². The Labute approximate surface area is 257 Å². The zero-order valence-electron chi connectivity index (χ0n) is 26.6. The summed E-state index contributed by atoms with van der Waals surface area (Å²) in [5.41, 5.74) is 3.79. The zero-order chi connectivity index (χ0) is 32.6. The lowest BCUT2D eigenvalue weighted by molar-refractivity contribution is -0.125. The number of anilines is 1. The van der Waals surface area contributed by atoms with E-state index < -0.39 is 5.41 Å². The minimum absolute atomic E-state index is 0.128. The maximum absolute atomic E-state index is 12.7. The van der Waals surface area contributed by atoms with Gasteiger partial charge in [0.05, 0.1) is 25.2 Å². The number of benzene rings is 1. The fraction of sp³-hybridized carbons (Fsp3) is 0.438. The van der Waals surface area contributed by atoms with E-state index in [2.05, 4.69) is 39.3 Å². The summed E-state index contributed by atoms with van der Waals surface area (Å²) in [4.78, 5) is 27.4. The van der Waals surface area contributed by atoms with Gasteiger partial charge in [-0.25, -0.2) is 0 Å². The highest BCUT2D eigenvalue weighted by atomic mass is 35.5. The highest BCUT2D eigenvalue weighted by Crippen LogP contribution is 2.26. The Morgan fingerprint density at radius 3 is 2.02 bits per heavy atom. The molecular formula is C32H51ClFN5O3. The summed E-state index contributed by atoms with van der Waals surface area (Å²) in [6.45, 7) is 14.2. The molecule has 42 heavy (non-hydrogen) atoms. The van der Waals surface area contributed by atoms with Gasteiger partial charge in [0.1, 0.15) is 0 Å². The third kappa shape index (κ3) is 18.7. The zero-order valence-corrected chi connectivity index (χ0v) is 27.3. The van der Waals surface area contributed by atoms with E-state index in [1.807, 2.05) is 79.3 Å². The van der Waals surface area contributed by atoms with Gasteiger partial charge >= 0.3 is 0 Å². The molecule has 0 saturated carbocycles. The van der Waals surface area contributed by atoms with Gasteiger partial charge in [-0.15, -0.1) is 0 Å². The molecule has 0 spiro atoms. The van der Waals surface area contributed by atoms with Gasteiger partial charge in [0.15, 0.2) is 5.76 Å². The van der Waals surface area contributed by atoms with Crippen LogP contribution in [-0.4, -0.2) is 65.2 Å². The van der Waals surface area contributed by atoms with Crippen molar-refractivity contribution < 1.29 is 18.7 Å². The van der Waals surface area contributed by atoms with Crippen LogP contribution in [0.25, 0.3) is 0 Å². The number of amides is 2. The molecule has 0 unspecified atom stereocenters. The lowest BCUT2D eigenvalue weighted by Gasteiger charge is -2.24. The average molecular weight is 608 g/mol. The number of allylic oxidation sites excluding steroid dienone is 3. The number of nitrogens with zero attached hydrogens (tertiary/aromatic N) is 1. The fourth-order valence-electron chi connectivity index (χ4n) is 3.53. The second-order valence-corrected chi connectivity index (χ2v) is 10.1. The van der Waals surface area contributed by atoms with Crippen LogP contribution in [0.5, 0.6) is 0 Å². The number of hydrogen-bond donors (Lipinski definition) is 4. The van der Waals surface area contributed by atoms with E-state index in [0.717, 1.165) is 24.4 Å². The standard InChI is InChI=1S/C24H39ClN4O3.C7H9N.CH3F/c1-9-12-20(21(17-25)32-11-3)28-23(31)16-24(4,5)15-22(30)27-18(10-2)19(26-6)13-14-29(7)8;1-8-7-5-3-2-4-6-7;1-2/h9-10,12,17,26H,1-2,11,13-16H2,3-8H3,(H,27,30)(H,28,31);2-6,8H,1H3;1H3/b19-18+,20-12+,21-17+;;. The maximum atomic E-state index is 12.7.